The van der Waals surface area contributed by atoms with Crippen molar-refractivity contribution in [3.63, 3.8) is 0 Å². The molecule has 0 saturated carbocycles. The molecule has 100 valence electrons. The number of hydrogen-bond donors (Lipinski definition) is 0. The Balaban J connectivity index is 2.92. The quantitative estimate of drug-likeness (QED) is 0.695. The average molecular weight is 272 g/mol. The molecule has 0 unspecified atom stereocenters. The van der Waals surface area contributed by atoms with Crippen LogP contribution in [0.15, 0.2) is 17.3 Å². The monoisotopic (exact) mass is 272 g/mol. The van der Waals surface area contributed by atoms with Gasteiger partial charge in [0.1, 0.15) is 4.90 Å². The van der Waals surface area contributed by atoms with E-state index in [4.69, 9.17) is 10.00 Å². The maximum absolute atomic E-state index is 12.3. The number of ether oxygens (including phenoxy) is 1. The highest BCUT2D eigenvalue weighted by molar-refractivity contribution is 7.89. The SMILES string of the molecule is COCCN(CCC#N)S(=O)(=O)c1cnn(C)c1. The van der Waals surface area contributed by atoms with Gasteiger partial charge >= 0.3 is 0 Å². The lowest BCUT2D eigenvalue weighted by atomic mass is 10.4. The number of nitrogens with zero attached hydrogens (tertiary/aromatic N) is 4. The van der Waals surface area contributed by atoms with Crippen LogP contribution in [0.4, 0.5) is 0 Å². The summed E-state index contributed by atoms with van der Waals surface area (Å²) in [4.78, 5) is 0.124. The fraction of sp³-hybridized carbons (Fsp3) is 0.600. The Hall–Kier alpha value is -1.43. The summed E-state index contributed by atoms with van der Waals surface area (Å²) in [7, 11) is -0.460. The van der Waals surface area contributed by atoms with E-state index in [1.165, 1.54) is 28.5 Å². The lowest BCUT2D eigenvalue weighted by molar-refractivity contribution is 0.179. The predicted octanol–water partition coefficient (Wildman–Crippen LogP) is -0.0291. The summed E-state index contributed by atoms with van der Waals surface area (Å²) in [6.07, 6.45) is 2.87. The molecule has 0 radical (unpaired) electrons. The van der Waals surface area contributed by atoms with Crippen LogP contribution in [-0.2, 0) is 21.8 Å². The Labute approximate surface area is 107 Å². The first-order chi connectivity index (χ1) is 8.52. The molecule has 18 heavy (non-hydrogen) atoms. The summed E-state index contributed by atoms with van der Waals surface area (Å²) in [5.74, 6) is 0. The number of sulfonamides is 1. The van der Waals surface area contributed by atoms with Crippen LogP contribution in [0.1, 0.15) is 6.42 Å². The molecule has 0 saturated heterocycles. The van der Waals surface area contributed by atoms with E-state index in [0.29, 0.717) is 0 Å². The number of aromatic nitrogens is 2. The Morgan fingerprint density at radius 2 is 2.28 bits per heavy atom. The maximum atomic E-state index is 12.3. The Morgan fingerprint density at radius 1 is 1.56 bits per heavy atom. The van der Waals surface area contributed by atoms with E-state index >= 15 is 0 Å². The van der Waals surface area contributed by atoms with Gasteiger partial charge in [-0.15, -0.1) is 0 Å². The Bertz CT molecular complexity index is 517. The summed E-state index contributed by atoms with van der Waals surface area (Å²) in [6.45, 7) is 0.650. The van der Waals surface area contributed by atoms with E-state index in [1.54, 1.807) is 7.05 Å². The van der Waals surface area contributed by atoms with Crippen LogP contribution in [0.2, 0.25) is 0 Å². The minimum atomic E-state index is -3.61. The minimum Gasteiger partial charge on any atom is -0.383 e. The average Bonchev–Trinajstić information content (AvgIpc) is 2.76. The van der Waals surface area contributed by atoms with Gasteiger partial charge in [0.2, 0.25) is 10.0 Å². The van der Waals surface area contributed by atoms with E-state index in [9.17, 15) is 8.42 Å². The zero-order valence-electron chi connectivity index (χ0n) is 10.4. The van der Waals surface area contributed by atoms with Crippen LogP contribution in [-0.4, -0.2) is 49.3 Å². The molecule has 0 aromatic carbocycles. The van der Waals surface area contributed by atoms with Crippen LogP contribution >= 0.6 is 0 Å². The first-order valence-electron chi connectivity index (χ1n) is 5.37. The molecule has 1 heterocycles. The van der Waals surface area contributed by atoms with Crippen molar-refractivity contribution in [3.8, 4) is 6.07 Å². The zero-order chi connectivity index (χ0) is 13.6. The van der Waals surface area contributed by atoms with Gasteiger partial charge in [0.15, 0.2) is 0 Å². The van der Waals surface area contributed by atoms with Crippen molar-refractivity contribution in [3.05, 3.63) is 12.4 Å². The van der Waals surface area contributed by atoms with Crippen molar-refractivity contribution < 1.29 is 13.2 Å². The number of rotatable bonds is 7. The Morgan fingerprint density at radius 3 is 2.78 bits per heavy atom. The van der Waals surface area contributed by atoms with Crippen molar-refractivity contribution >= 4 is 10.0 Å². The van der Waals surface area contributed by atoms with Gasteiger partial charge in [-0.1, -0.05) is 0 Å². The van der Waals surface area contributed by atoms with Gasteiger partial charge in [0.05, 0.1) is 18.9 Å². The van der Waals surface area contributed by atoms with E-state index < -0.39 is 10.0 Å². The molecule has 1 aromatic rings. The molecular weight excluding hydrogens is 256 g/mol. The van der Waals surface area contributed by atoms with Gasteiger partial charge in [0.25, 0.3) is 0 Å². The first kappa shape index (κ1) is 14.6. The largest absolute Gasteiger partial charge is 0.383 e. The van der Waals surface area contributed by atoms with Crippen LogP contribution in [0.3, 0.4) is 0 Å². The molecular formula is C10H16N4O3S. The van der Waals surface area contributed by atoms with Crippen molar-refractivity contribution in [2.75, 3.05) is 26.8 Å². The van der Waals surface area contributed by atoms with E-state index in [0.717, 1.165) is 0 Å². The third-order valence-corrected chi connectivity index (χ3v) is 4.19. The maximum Gasteiger partial charge on any atom is 0.246 e. The third kappa shape index (κ3) is 3.53. The van der Waals surface area contributed by atoms with E-state index in [-0.39, 0.29) is 31.0 Å². The lowest BCUT2D eigenvalue weighted by Crippen LogP contribution is -2.34. The molecule has 0 amide bonds. The second kappa shape index (κ2) is 6.49. The van der Waals surface area contributed by atoms with Crippen molar-refractivity contribution in [1.82, 2.24) is 14.1 Å². The molecule has 0 bridgehead atoms. The molecule has 0 atom stereocenters. The Kier molecular flexibility index (Phi) is 5.27. The van der Waals surface area contributed by atoms with E-state index in [1.807, 2.05) is 6.07 Å². The fourth-order valence-corrected chi connectivity index (χ4v) is 2.81. The molecule has 0 aliphatic heterocycles. The second-order valence-electron chi connectivity index (χ2n) is 3.65. The molecule has 7 nitrogen and oxygen atoms in total. The summed E-state index contributed by atoms with van der Waals surface area (Å²) < 4.78 is 32.1. The van der Waals surface area contributed by atoms with Crippen LogP contribution in [0, 0.1) is 11.3 Å². The van der Waals surface area contributed by atoms with Crippen molar-refractivity contribution in [1.29, 1.82) is 5.26 Å². The van der Waals surface area contributed by atoms with Gasteiger partial charge in [-0.25, -0.2) is 8.42 Å². The minimum absolute atomic E-state index is 0.124. The van der Waals surface area contributed by atoms with Gasteiger partial charge in [-0.2, -0.15) is 14.7 Å². The summed E-state index contributed by atoms with van der Waals surface area (Å²) in [5.41, 5.74) is 0. The summed E-state index contributed by atoms with van der Waals surface area (Å²) in [5, 5.41) is 12.4. The summed E-state index contributed by atoms with van der Waals surface area (Å²) in [6, 6.07) is 1.94. The molecule has 0 spiro atoms. The predicted molar refractivity (Wildman–Crippen MR) is 64.1 cm³/mol. The smallest absolute Gasteiger partial charge is 0.246 e. The van der Waals surface area contributed by atoms with Gasteiger partial charge in [0, 0.05) is 39.9 Å². The van der Waals surface area contributed by atoms with Crippen LogP contribution < -0.4 is 0 Å². The lowest BCUT2D eigenvalue weighted by Gasteiger charge is -2.19. The third-order valence-electron chi connectivity index (χ3n) is 2.34. The van der Waals surface area contributed by atoms with Crippen LogP contribution in [0.25, 0.3) is 0 Å². The fourth-order valence-electron chi connectivity index (χ4n) is 1.40. The normalized spacial score (nSPS) is 11.7. The van der Waals surface area contributed by atoms with Gasteiger partial charge in [-0.3, -0.25) is 4.68 Å². The van der Waals surface area contributed by atoms with Gasteiger partial charge < -0.3 is 4.74 Å². The zero-order valence-corrected chi connectivity index (χ0v) is 11.2. The standard InChI is InChI=1S/C10H16N4O3S/c1-13-9-10(8-12-13)18(15,16)14(5-3-4-11)6-7-17-2/h8-9H,3,5-7H2,1-2H3. The number of nitriles is 1. The first-order valence-corrected chi connectivity index (χ1v) is 6.81. The van der Waals surface area contributed by atoms with Crippen molar-refractivity contribution in [2.45, 2.75) is 11.3 Å². The topological polar surface area (TPSA) is 88.2 Å². The number of hydrogen-bond acceptors (Lipinski definition) is 5. The highest BCUT2D eigenvalue weighted by Crippen LogP contribution is 2.14. The van der Waals surface area contributed by atoms with E-state index in [2.05, 4.69) is 5.10 Å². The molecule has 1 aromatic heterocycles. The number of aryl methyl sites for hydroxylation is 1. The van der Waals surface area contributed by atoms with Gasteiger partial charge in [-0.05, 0) is 0 Å². The molecule has 0 aliphatic rings. The van der Waals surface area contributed by atoms with Crippen molar-refractivity contribution in [2.24, 2.45) is 7.05 Å². The molecule has 0 fully saturated rings. The van der Waals surface area contributed by atoms with Crippen LogP contribution in [0.5, 0.6) is 0 Å². The summed E-state index contributed by atoms with van der Waals surface area (Å²) >= 11 is 0. The molecule has 8 heteroatoms. The molecule has 0 aliphatic carbocycles. The highest BCUT2D eigenvalue weighted by atomic mass is 32.2. The molecule has 0 N–H and O–H groups in total. The number of methoxy groups -OCH3 is 1. The highest BCUT2D eigenvalue weighted by Gasteiger charge is 2.25. The molecule has 1 rings (SSSR count). The second-order valence-corrected chi connectivity index (χ2v) is 5.59.